The molecule has 2 N–H and O–H groups in total. The van der Waals surface area contributed by atoms with E-state index in [1.54, 1.807) is 105 Å². The third-order valence-corrected chi connectivity index (χ3v) is 12.7. The van der Waals surface area contributed by atoms with Gasteiger partial charge in [0.1, 0.15) is 30.7 Å². The molecule has 74 heavy (non-hydrogen) atoms. The standard InChI is InChI=1S/C55H67N3O16/c1-5-41-46(72-44(61)29-28-36(3)59)48(50(70-41)58-33-35(2)49(62)57-55(58)66)67-31-19-7-6-18-30-56-43(60)27-17-20-32-68-54-37(4)45(73-52(64)39-23-13-9-14-24-39)47(74-53(65)40-25-15-10-16-26-40)42(71-54)34-69-51(63)38-21-11-8-12-22-38/h8-16,21-26,33,37,41-42,45-48,50,54H,5-7,17-20,27-32,34H2,1-4H3,(H,56,60)(H,57,62,66)/t37-,41-,42-,45-,46+,47+,48?,50-,54-/m1/s1. The Morgan fingerprint density at radius 2 is 1.20 bits per heavy atom. The lowest BCUT2D eigenvalue weighted by atomic mass is 9.91. The van der Waals surface area contributed by atoms with Crippen LogP contribution in [0.2, 0.25) is 0 Å². The summed E-state index contributed by atoms with van der Waals surface area (Å²) in [5, 5.41) is 2.96. The first-order valence-electron chi connectivity index (χ1n) is 25.3. The summed E-state index contributed by atoms with van der Waals surface area (Å²) in [5.74, 6) is -3.50. The van der Waals surface area contributed by atoms with Crippen molar-refractivity contribution >= 4 is 35.6 Å². The number of rotatable bonds is 27. The Balaban J connectivity index is 0.968. The fourth-order valence-corrected chi connectivity index (χ4v) is 8.58. The Hall–Kier alpha value is -6.80. The third-order valence-electron chi connectivity index (χ3n) is 12.7. The van der Waals surface area contributed by atoms with Gasteiger partial charge in [-0.1, -0.05) is 81.3 Å². The van der Waals surface area contributed by atoms with Crippen LogP contribution in [0.3, 0.4) is 0 Å². The van der Waals surface area contributed by atoms with Crippen LogP contribution in [0.25, 0.3) is 0 Å². The van der Waals surface area contributed by atoms with Crippen molar-refractivity contribution < 1.29 is 66.7 Å². The number of hydrogen-bond acceptors (Lipinski definition) is 16. The predicted molar refractivity (Wildman–Crippen MR) is 267 cm³/mol. The van der Waals surface area contributed by atoms with Crippen molar-refractivity contribution in [2.45, 2.75) is 141 Å². The third kappa shape index (κ3) is 16.4. The van der Waals surface area contributed by atoms with E-state index in [4.69, 9.17) is 37.9 Å². The van der Waals surface area contributed by atoms with Gasteiger partial charge < -0.3 is 48.0 Å². The molecule has 1 aromatic heterocycles. The number of aromatic amines is 1. The van der Waals surface area contributed by atoms with Gasteiger partial charge in [-0.15, -0.1) is 0 Å². The molecule has 2 aliphatic heterocycles. The summed E-state index contributed by atoms with van der Waals surface area (Å²) in [4.78, 5) is 104. The van der Waals surface area contributed by atoms with E-state index < -0.39 is 90.2 Å². The summed E-state index contributed by atoms with van der Waals surface area (Å²) in [7, 11) is 0. The number of nitrogens with one attached hydrogen (secondary N) is 2. The molecule has 19 heteroatoms. The first-order chi connectivity index (χ1) is 35.7. The maximum Gasteiger partial charge on any atom is 0.338 e. The molecule has 2 fully saturated rings. The van der Waals surface area contributed by atoms with Gasteiger partial charge in [0.15, 0.2) is 24.7 Å². The lowest BCUT2D eigenvalue weighted by molar-refractivity contribution is -0.281. The van der Waals surface area contributed by atoms with E-state index in [-0.39, 0.29) is 61.9 Å². The highest BCUT2D eigenvalue weighted by Crippen LogP contribution is 2.36. The number of esters is 4. The molecule has 9 atom stereocenters. The fraction of sp³-hybridized carbons (Fsp3) is 0.491. The summed E-state index contributed by atoms with van der Waals surface area (Å²) in [6, 6.07) is 25.1. The van der Waals surface area contributed by atoms with Gasteiger partial charge in [-0.25, -0.2) is 19.2 Å². The Labute approximate surface area is 429 Å². The topological polar surface area (TPSA) is 243 Å². The van der Waals surface area contributed by atoms with Gasteiger partial charge in [-0.3, -0.25) is 23.9 Å². The Morgan fingerprint density at radius 1 is 0.635 bits per heavy atom. The van der Waals surface area contributed by atoms with E-state index in [1.807, 2.05) is 6.92 Å². The van der Waals surface area contributed by atoms with Crippen molar-refractivity contribution in [1.82, 2.24) is 14.9 Å². The van der Waals surface area contributed by atoms with Gasteiger partial charge in [0.2, 0.25) is 5.91 Å². The molecule has 4 aromatic rings. The number of nitrogens with zero attached hydrogens (tertiary/aromatic N) is 1. The molecule has 6 rings (SSSR count). The maximum atomic E-state index is 13.5. The Morgan fingerprint density at radius 3 is 1.82 bits per heavy atom. The number of amides is 1. The number of carbonyl (C=O) groups excluding carboxylic acids is 6. The first-order valence-corrected chi connectivity index (χ1v) is 25.3. The van der Waals surface area contributed by atoms with E-state index in [0.717, 1.165) is 12.8 Å². The number of ether oxygens (including phenoxy) is 8. The SMILES string of the molecule is CC[C@H]1O[C@@H](n2cc(C)c(=O)[nH]c2=O)C(OCCCCCCNC(=O)CCCCO[C@@H]2O[C@H](COC(=O)c3ccccc3)[C@H](OC(=O)c3ccccc3)[C@H](OC(=O)c3ccccc3)[C@H]2C)[C@H]1OC(=O)CCC(C)=O. The number of Topliss-reactive ketones (excluding diaryl/α,β-unsaturated/α-hetero) is 1. The summed E-state index contributed by atoms with van der Waals surface area (Å²) < 4.78 is 49.9. The number of hydrogen-bond donors (Lipinski definition) is 2. The molecule has 1 unspecified atom stereocenters. The molecule has 3 heterocycles. The maximum absolute atomic E-state index is 13.5. The molecule has 0 aliphatic carbocycles. The Bertz CT molecular complexity index is 2590. The molecule has 398 valence electrons. The second-order valence-corrected chi connectivity index (χ2v) is 18.4. The van der Waals surface area contributed by atoms with Gasteiger partial charge in [-0.2, -0.15) is 0 Å². The molecular formula is C55H67N3O16. The molecule has 0 spiro atoms. The Kier molecular flexibility index (Phi) is 21.8. The number of ketones is 1. The average molecular weight is 1030 g/mol. The highest BCUT2D eigenvalue weighted by Gasteiger charge is 2.50. The zero-order valence-corrected chi connectivity index (χ0v) is 42.3. The van der Waals surface area contributed by atoms with E-state index in [2.05, 4.69) is 10.3 Å². The molecule has 19 nitrogen and oxygen atoms in total. The van der Waals surface area contributed by atoms with E-state index in [0.29, 0.717) is 49.8 Å². The van der Waals surface area contributed by atoms with Crippen molar-refractivity contribution in [2.75, 3.05) is 26.4 Å². The lowest BCUT2D eigenvalue weighted by Gasteiger charge is -2.44. The number of unbranched alkanes of at least 4 members (excludes halogenated alkanes) is 4. The van der Waals surface area contributed by atoms with Crippen molar-refractivity contribution in [3.8, 4) is 0 Å². The second kappa shape index (κ2) is 28.6. The van der Waals surface area contributed by atoms with Crippen molar-refractivity contribution in [1.29, 1.82) is 0 Å². The van der Waals surface area contributed by atoms with Crippen LogP contribution in [0.4, 0.5) is 0 Å². The fourth-order valence-electron chi connectivity index (χ4n) is 8.58. The molecule has 0 radical (unpaired) electrons. The van der Waals surface area contributed by atoms with Gasteiger partial charge in [-0.05, 0) is 82.3 Å². The van der Waals surface area contributed by atoms with Crippen LogP contribution in [0.15, 0.2) is 107 Å². The second-order valence-electron chi connectivity index (χ2n) is 18.4. The normalized spacial score (nSPS) is 22.3. The molecule has 2 saturated heterocycles. The number of benzene rings is 3. The minimum Gasteiger partial charge on any atom is -0.459 e. The van der Waals surface area contributed by atoms with Crippen LogP contribution in [0.5, 0.6) is 0 Å². The molecule has 3 aromatic carbocycles. The smallest absolute Gasteiger partial charge is 0.338 e. The van der Waals surface area contributed by atoms with Crippen molar-refractivity contribution in [3.63, 3.8) is 0 Å². The largest absolute Gasteiger partial charge is 0.459 e. The lowest BCUT2D eigenvalue weighted by Crippen LogP contribution is -2.58. The van der Waals surface area contributed by atoms with Gasteiger partial charge in [0.05, 0.1) is 29.2 Å². The van der Waals surface area contributed by atoms with Crippen LogP contribution in [0, 0.1) is 12.8 Å². The number of aromatic nitrogens is 2. The minimum atomic E-state index is -1.21. The first kappa shape index (κ1) is 56.5. The van der Waals surface area contributed by atoms with E-state index in [1.165, 1.54) is 17.7 Å². The molecule has 0 saturated carbocycles. The van der Waals surface area contributed by atoms with Crippen LogP contribution in [-0.2, 0) is 52.3 Å². The van der Waals surface area contributed by atoms with E-state index in [9.17, 15) is 38.4 Å². The zero-order valence-electron chi connectivity index (χ0n) is 42.3. The van der Waals surface area contributed by atoms with Crippen LogP contribution >= 0.6 is 0 Å². The zero-order chi connectivity index (χ0) is 53.0. The molecule has 2 aliphatic rings. The number of H-pyrrole nitrogens is 1. The number of carbonyl (C=O) groups is 6. The summed E-state index contributed by atoms with van der Waals surface area (Å²) in [6.07, 6.45) is -1.85. The molecule has 1 amide bonds. The number of aryl methyl sites for hydroxylation is 1. The molecular weight excluding hydrogens is 959 g/mol. The van der Waals surface area contributed by atoms with Crippen LogP contribution in [0.1, 0.15) is 128 Å². The van der Waals surface area contributed by atoms with Gasteiger partial charge in [0, 0.05) is 50.3 Å². The quantitative estimate of drug-likeness (QED) is 0.0375. The van der Waals surface area contributed by atoms with Crippen molar-refractivity contribution in [2.24, 2.45) is 5.92 Å². The summed E-state index contributed by atoms with van der Waals surface area (Å²) in [6.45, 7) is 7.08. The van der Waals surface area contributed by atoms with Crippen molar-refractivity contribution in [3.05, 3.63) is 140 Å². The van der Waals surface area contributed by atoms with Gasteiger partial charge >= 0.3 is 29.6 Å². The van der Waals surface area contributed by atoms with Crippen LogP contribution < -0.4 is 16.6 Å². The monoisotopic (exact) mass is 1030 g/mol. The highest BCUT2D eigenvalue weighted by molar-refractivity contribution is 5.91. The predicted octanol–water partition coefficient (Wildman–Crippen LogP) is 6.35. The van der Waals surface area contributed by atoms with Crippen LogP contribution in [-0.4, -0.2) is 114 Å². The summed E-state index contributed by atoms with van der Waals surface area (Å²) in [5.41, 5.74) is -0.0808. The highest BCUT2D eigenvalue weighted by atomic mass is 16.7. The average Bonchev–Trinajstić information content (AvgIpc) is 3.74. The molecule has 0 bridgehead atoms. The van der Waals surface area contributed by atoms with E-state index >= 15 is 0 Å². The van der Waals surface area contributed by atoms with Gasteiger partial charge in [0.25, 0.3) is 5.56 Å². The minimum absolute atomic E-state index is 0.0283. The summed E-state index contributed by atoms with van der Waals surface area (Å²) >= 11 is 0.